The number of nitrogens with zero attached hydrogens (tertiary/aromatic N) is 1. The number of aliphatic hydroxyl groups excluding tert-OH is 4. The molecule has 106 heavy (non-hydrogen) atoms. The first kappa shape index (κ1) is 78.2. The largest absolute Gasteiger partial charge is 0.507 e. The van der Waals surface area contributed by atoms with Gasteiger partial charge in [0.25, 0.3) is 0 Å². The molecule has 4 aromatic carbocycles. The van der Waals surface area contributed by atoms with Crippen molar-refractivity contribution in [2.75, 3.05) is 26.9 Å². The Morgan fingerprint density at radius 2 is 1.48 bits per heavy atom. The Kier molecular flexibility index (Phi) is 21.4. The highest BCUT2D eigenvalue weighted by atomic mass is 16.7. The number of esters is 4. The number of aliphatic imine (C=N–C) groups is 1. The minimum Gasteiger partial charge on any atom is -0.507 e. The van der Waals surface area contributed by atoms with Gasteiger partial charge < -0.3 is 94.5 Å². The average Bonchev–Trinajstić information content (AvgIpc) is 0.666. The molecule has 2 heterocycles. The molecule has 4 fully saturated rings. The molecule has 29 nitrogen and oxygen atoms in total. The molecule has 1 amide bonds. The van der Waals surface area contributed by atoms with Gasteiger partial charge in [-0.2, -0.15) is 0 Å². The maximum atomic E-state index is 15.6. The Hall–Kier alpha value is -8.88. The van der Waals surface area contributed by atoms with E-state index in [2.05, 4.69) is 10.3 Å². The van der Waals surface area contributed by atoms with Gasteiger partial charge in [0.05, 0.1) is 103 Å². The lowest BCUT2D eigenvalue weighted by molar-refractivity contribution is -0.383. The van der Waals surface area contributed by atoms with E-state index in [0.717, 1.165) is 6.92 Å². The van der Waals surface area contributed by atoms with Gasteiger partial charge in [-0.3, -0.25) is 33.8 Å². The number of carbonyl (C=O) groups excluding carboxylic acids is 9. The van der Waals surface area contributed by atoms with Gasteiger partial charge in [-0.1, -0.05) is 74.5 Å². The highest BCUT2D eigenvalue weighted by Crippen LogP contribution is 2.67. The molecular formula is C77H91N3O26. The van der Waals surface area contributed by atoms with E-state index < -0.39 is 245 Å². The van der Waals surface area contributed by atoms with Gasteiger partial charge in [-0.25, -0.2) is 14.4 Å². The van der Waals surface area contributed by atoms with Gasteiger partial charge >= 0.3 is 30.0 Å². The number of amides is 1. The van der Waals surface area contributed by atoms with Crippen LogP contribution in [0, 0.1) is 16.7 Å². The second kappa shape index (κ2) is 29.0. The molecule has 2 saturated heterocycles. The number of hydrogen-bond acceptors (Lipinski definition) is 28. The topological polar surface area (TPSA) is 449 Å². The number of carbonyl (C=O) groups is 9. The highest BCUT2D eigenvalue weighted by molar-refractivity contribution is 6.31. The van der Waals surface area contributed by atoms with Crippen LogP contribution in [0.25, 0.3) is 0 Å². The third-order valence-electron chi connectivity index (χ3n) is 22.5. The molecule has 2 bridgehead atoms. The molecular weight excluding hydrogens is 1380 g/mol. The normalized spacial score (nSPS) is 31.4. The van der Waals surface area contributed by atoms with E-state index in [0.29, 0.717) is 5.56 Å². The number of nitrogens with one attached hydrogen (secondary N) is 1. The highest BCUT2D eigenvalue weighted by Gasteiger charge is 2.81. The van der Waals surface area contributed by atoms with Gasteiger partial charge in [0, 0.05) is 73.6 Å². The molecule has 0 radical (unpaired) electrons. The van der Waals surface area contributed by atoms with Crippen molar-refractivity contribution < 1.29 is 127 Å². The molecule has 570 valence electrons. The first-order valence-corrected chi connectivity index (χ1v) is 35.1. The minimum absolute atomic E-state index is 0.00199. The van der Waals surface area contributed by atoms with Crippen molar-refractivity contribution in [3.63, 3.8) is 0 Å². The number of aromatic hydroxyl groups is 2. The number of alkyl carbamates (subject to hydrolysis) is 1. The minimum atomic E-state index is -2.60. The number of ether oxygens (including phenoxy) is 9. The average molecular weight is 1470 g/mol. The molecule has 2 aliphatic heterocycles. The number of aliphatic hydroxyl groups is 6. The van der Waals surface area contributed by atoms with E-state index in [-0.39, 0.29) is 64.0 Å². The van der Waals surface area contributed by atoms with Crippen molar-refractivity contribution in [1.82, 2.24) is 5.32 Å². The number of fused-ring (bicyclic) bond motifs is 8. The molecule has 17 atom stereocenters. The van der Waals surface area contributed by atoms with Crippen molar-refractivity contribution in [3.8, 4) is 17.2 Å². The van der Waals surface area contributed by atoms with Crippen molar-refractivity contribution in [1.29, 1.82) is 0 Å². The lowest BCUT2D eigenvalue weighted by Crippen LogP contribution is -2.85. The Balaban J connectivity index is 0.916. The zero-order valence-corrected chi connectivity index (χ0v) is 60.7. The molecule has 11 N–H and O–H groups in total. The number of ketones is 4. The third-order valence-corrected chi connectivity index (χ3v) is 22.5. The number of rotatable bonds is 20. The number of nitrogens with two attached hydrogens (primary N) is 1. The molecule has 0 aromatic heterocycles. The van der Waals surface area contributed by atoms with Gasteiger partial charge in [0.2, 0.25) is 11.9 Å². The first-order chi connectivity index (χ1) is 49.7. The van der Waals surface area contributed by atoms with E-state index >= 15 is 9.59 Å². The molecule has 4 aromatic rings. The fourth-order valence-electron chi connectivity index (χ4n) is 16.8. The van der Waals surface area contributed by atoms with Crippen LogP contribution in [-0.4, -0.2) is 216 Å². The van der Waals surface area contributed by atoms with Crippen molar-refractivity contribution >= 4 is 58.8 Å². The van der Waals surface area contributed by atoms with Crippen LogP contribution in [-0.2, 0) is 74.7 Å². The maximum absolute atomic E-state index is 15.6. The van der Waals surface area contributed by atoms with Crippen LogP contribution in [0.1, 0.15) is 173 Å². The van der Waals surface area contributed by atoms with Crippen molar-refractivity contribution in [2.45, 2.75) is 216 Å². The van der Waals surface area contributed by atoms with Crippen LogP contribution in [0.2, 0.25) is 0 Å². The number of phenolic OH excluding ortho intramolecular Hbond substituents is 2. The monoisotopic (exact) mass is 1470 g/mol. The second-order valence-electron chi connectivity index (χ2n) is 30.6. The second-order valence-corrected chi connectivity index (χ2v) is 30.6. The summed E-state index contributed by atoms with van der Waals surface area (Å²) in [7, 11) is 1.27. The Bertz CT molecular complexity index is 4250. The molecule has 7 aliphatic rings. The summed E-state index contributed by atoms with van der Waals surface area (Å²) in [6, 6.07) is 17.6. The zero-order chi connectivity index (χ0) is 77.5. The van der Waals surface area contributed by atoms with Gasteiger partial charge in [0.15, 0.2) is 29.2 Å². The van der Waals surface area contributed by atoms with E-state index in [4.69, 9.17) is 48.4 Å². The van der Waals surface area contributed by atoms with Gasteiger partial charge in [-0.05, 0) is 89.8 Å². The van der Waals surface area contributed by atoms with Crippen LogP contribution < -0.4 is 15.8 Å². The smallest absolute Gasteiger partial charge is 0.408 e. The summed E-state index contributed by atoms with van der Waals surface area (Å²) in [4.78, 5) is 135. The Labute approximate surface area is 610 Å². The first-order valence-electron chi connectivity index (χ1n) is 35.1. The maximum Gasteiger partial charge on any atom is 0.408 e. The third kappa shape index (κ3) is 13.7. The number of methoxy groups -OCH3 is 1. The van der Waals surface area contributed by atoms with Gasteiger partial charge in [-0.15, -0.1) is 0 Å². The van der Waals surface area contributed by atoms with Crippen LogP contribution in [0.3, 0.4) is 0 Å². The Morgan fingerprint density at radius 3 is 2.09 bits per heavy atom. The molecule has 0 spiro atoms. The Morgan fingerprint density at radius 1 is 0.821 bits per heavy atom. The van der Waals surface area contributed by atoms with E-state index in [1.165, 1.54) is 79.0 Å². The molecule has 5 aliphatic carbocycles. The van der Waals surface area contributed by atoms with Crippen molar-refractivity contribution in [2.24, 2.45) is 27.5 Å². The molecule has 3 unspecified atom stereocenters. The van der Waals surface area contributed by atoms with Crippen LogP contribution >= 0.6 is 0 Å². The molecule has 29 heteroatoms. The fraction of sp³-hybridized carbons (Fsp3) is 0.532. The number of benzene rings is 4. The van der Waals surface area contributed by atoms with Crippen LogP contribution in [0.4, 0.5) is 4.79 Å². The summed E-state index contributed by atoms with van der Waals surface area (Å²) in [5, 5.41) is 101. The summed E-state index contributed by atoms with van der Waals surface area (Å²) < 4.78 is 54.6. The van der Waals surface area contributed by atoms with E-state index in [9.17, 15) is 74.4 Å². The summed E-state index contributed by atoms with van der Waals surface area (Å²) >= 11 is 0. The predicted octanol–water partition coefficient (Wildman–Crippen LogP) is 4.31. The lowest BCUT2D eigenvalue weighted by Gasteiger charge is -2.70. The SMILES string of the molecule is COc1cccc2c1C(=O)c1c(O)c3c(c(O)c1C2=O)C[C@](O)(C(CO)=NCC(=O)CCC(=O)OC(C(=O)O[C@H]1C[C@]2(O)C(OC(=O)c4ccccc4)C4[C@@](C)(C(=O)[C@@H](O)C(=C1C)C2(C)C)[C@H](O)C[C@@]1(C)OC[C@@]41OC(C)=O)[C@@H](Cc1ccccc1)NC(=O)OC(C)(C)C)C[C@H]3O[C@@H]1C[C@H](N)[C@H](O)[C@H](C)O1. The number of phenols is 2. The fourth-order valence-corrected chi connectivity index (χ4v) is 16.8. The summed E-state index contributed by atoms with van der Waals surface area (Å²) in [6.07, 6.45) is -20.2. The summed E-state index contributed by atoms with van der Waals surface area (Å²) in [6.45, 7) is 12.2. The standard InChI is InChI=1S/C77H91N3O26/c1-36-47(31-76(97)67(104-68(93)40-21-16-13-17-22-40)65-74(10,66(92)63(91)57(36)72(76,7)8)50(84)32-73(9)77(65,35-99-73)105-38(3)82)102-69(94)64(45(27-39-19-14-12-15-20-39)80-70(95)106-71(4,5)6)103-51(85)26-25-41(83)33-79-49(34-81)75(96)29-43-54(48(30-75)101-52-28-44(78)58(86)37(2)100-52)62(90)56-55(60(43)88)59(87)42-23-18-24-46(98-11)53(42)61(56)89/h12-24,37,44-45,47-48,50,52,58,63-65,67,81,84,86,88,90-91,96-97H,25-35,78H2,1-11H3,(H,80,95)/t37-,44-,45+,47-,48+,50+,52+,58+,63-,64?,65?,67?,73+,74-,75+,76-,77+/m0/s1. The number of Topliss-reactive ketones (excluding diaryl/α,β-unsaturated/α-hetero) is 2. The summed E-state index contributed by atoms with van der Waals surface area (Å²) in [5.41, 5.74) is -9.86. The predicted molar refractivity (Wildman–Crippen MR) is 370 cm³/mol. The molecule has 11 rings (SSSR count). The van der Waals surface area contributed by atoms with E-state index in [1.807, 2.05) is 0 Å². The van der Waals surface area contributed by atoms with Crippen LogP contribution in [0.5, 0.6) is 17.2 Å². The van der Waals surface area contributed by atoms with Crippen LogP contribution in [0.15, 0.2) is 95.0 Å². The van der Waals surface area contributed by atoms with Gasteiger partial charge in [0.1, 0.15) is 58.0 Å². The zero-order valence-electron chi connectivity index (χ0n) is 60.7. The summed E-state index contributed by atoms with van der Waals surface area (Å²) in [5.74, 6) is -11.5. The van der Waals surface area contributed by atoms with E-state index in [1.54, 1.807) is 69.3 Å². The quantitative estimate of drug-likeness (QED) is 0.0171. The van der Waals surface area contributed by atoms with Crippen molar-refractivity contribution in [3.05, 3.63) is 135 Å². The molecule has 2 saturated carbocycles. The number of hydrogen-bond donors (Lipinski definition) is 10. The lowest BCUT2D eigenvalue weighted by atomic mass is 9.42.